The normalized spacial score (nSPS) is 18.6. The van der Waals surface area contributed by atoms with Crippen molar-refractivity contribution < 1.29 is 14.6 Å². The van der Waals surface area contributed by atoms with E-state index >= 15 is 0 Å². The van der Waals surface area contributed by atoms with Crippen molar-refractivity contribution in [2.75, 3.05) is 26.7 Å². The van der Waals surface area contributed by atoms with Gasteiger partial charge in [0.25, 0.3) is 5.91 Å². The Kier molecular flexibility index (Phi) is 7.93. The van der Waals surface area contributed by atoms with Gasteiger partial charge in [0.05, 0.1) is 24.3 Å². The molecule has 36 heavy (non-hydrogen) atoms. The van der Waals surface area contributed by atoms with Gasteiger partial charge in [-0.2, -0.15) is 5.26 Å². The highest BCUT2D eigenvalue weighted by molar-refractivity contribution is 5.98. The minimum absolute atomic E-state index is 0.00690. The SMILES string of the molecule is C[C@@H]1CN([C@H](C)CO)C(=O)c2cc(-c3ccc(C#N)cc3)cnc2O[C@@H]1CN(C)Cc1cccnc1. The monoisotopic (exact) mass is 485 g/mol. The molecule has 0 saturated heterocycles. The number of ether oxygens (including phenoxy) is 1. The van der Waals surface area contributed by atoms with E-state index < -0.39 is 0 Å². The van der Waals surface area contributed by atoms with Crippen LogP contribution >= 0.6 is 0 Å². The molecular weight excluding hydrogens is 454 g/mol. The third-order valence-electron chi connectivity index (χ3n) is 6.54. The molecule has 0 aliphatic carbocycles. The van der Waals surface area contributed by atoms with Crippen molar-refractivity contribution in [3.8, 4) is 23.1 Å². The molecule has 1 N–H and O–H groups in total. The lowest BCUT2D eigenvalue weighted by molar-refractivity contribution is 0.0325. The molecule has 1 aromatic carbocycles. The van der Waals surface area contributed by atoms with Crippen LogP contribution in [0.2, 0.25) is 0 Å². The molecule has 0 bridgehead atoms. The smallest absolute Gasteiger partial charge is 0.259 e. The number of benzene rings is 1. The fourth-order valence-electron chi connectivity index (χ4n) is 4.39. The molecule has 3 heterocycles. The summed E-state index contributed by atoms with van der Waals surface area (Å²) in [6.45, 7) is 5.56. The zero-order valence-corrected chi connectivity index (χ0v) is 20.8. The van der Waals surface area contributed by atoms with E-state index in [1.807, 2.05) is 44.4 Å². The number of carbonyl (C=O) groups is 1. The maximum atomic E-state index is 13.6. The molecule has 8 nitrogen and oxygen atoms in total. The van der Waals surface area contributed by atoms with Gasteiger partial charge < -0.3 is 14.7 Å². The van der Waals surface area contributed by atoms with Crippen molar-refractivity contribution in [2.24, 2.45) is 5.92 Å². The average Bonchev–Trinajstić information content (AvgIpc) is 2.90. The van der Waals surface area contributed by atoms with Gasteiger partial charge in [0.1, 0.15) is 11.7 Å². The maximum Gasteiger partial charge on any atom is 0.259 e. The summed E-state index contributed by atoms with van der Waals surface area (Å²) in [5.41, 5.74) is 3.64. The van der Waals surface area contributed by atoms with Crippen LogP contribution in [0.1, 0.15) is 35.3 Å². The first kappa shape index (κ1) is 25.3. The molecule has 8 heteroatoms. The standard InChI is InChI=1S/C28H31N5O3/c1-19-15-33(20(2)18-34)28(35)25-11-24(23-8-6-21(12-29)7-9-23)14-31-27(25)36-26(19)17-32(3)16-22-5-4-10-30-13-22/h4-11,13-14,19-20,26,34H,15-18H2,1-3H3/t19-,20-,26-/m1/s1. The van der Waals surface area contributed by atoms with E-state index in [2.05, 4.69) is 27.9 Å². The Morgan fingerprint density at radius 2 is 2.03 bits per heavy atom. The lowest BCUT2D eigenvalue weighted by atomic mass is 9.99. The molecule has 3 atom stereocenters. The van der Waals surface area contributed by atoms with Crippen LogP contribution in [0.25, 0.3) is 11.1 Å². The van der Waals surface area contributed by atoms with Crippen LogP contribution in [0.5, 0.6) is 5.88 Å². The summed E-state index contributed by atoms with van der Waals surface area (Å²) in [7, 11) is 2.03. The first-order valence-electron chi connectivity index (χ1n) is 12.1. The molecule has 0 spiro atoms. The summed E-state index contributed by atoms with van der Waals surface area (Å²) in [6.07, 6.45) is 5.08. The van der Waals surface area contributed by atoms with E-state index in [1.165, 1.54) is 0 Å². The van der Waals surface area contributed by atoms with Crippen molar-refractivity contribution in [3.63, 3.8) is 0 Å². The highest BCUT2D eigenvalue weighted by atomic mass is 16.5. The summed E-state index contributed by atoms with van der Waals surface area (Å²) in [5, 5.41) is 19.0. The Labute approximate surface area is 211 Å². The second-order valence-corrected chi connectivity index (χ2v) is 9.45. The molecule has 1 amide bonds. The number of fused-ring (bicyclic) bond motifs is 1. The molecule has 1 aliphatic rings. The fraction of sp³-hybridized carbons (Fsp3) is 0.357. The fourth-order valence-corrected chi connectivity index (χ4v) is 4.39. The number of aliphatic hydroxyl groups excluding tert-OH is 1. The third-order valence-corrected chi connectivity index (χ3v) is 6.54. The zero-order valence-electron chi connectivity index (χ0n) is 20.8. The van der Waals surface area contributed by atoms with Crippen molar-refractivity contribution >= 4 is 5.91 Å². The number of hydrogen-bond acceptors (Lipinski definition) is 7. The van der Waals surface area contributed by atoms with Crippen LogP contribution in [-0.4, -0.2) is 69.7 Å². The van der Waals surface area contributed by atoms with E-state index in [0.717, 1.165) is 16.7 Å². The highest BCUT2D eigenvalue weighted by Crippen LogP contribution is 2.30. The van der Waals surface area contributed by atoms with Crippen molar-refractivity contribution in [1.29, 1.82) is 5.26 Å². The van der Waals surface area contributed by atoms with Gasteiger partial charge in [-0.3, -0.25) is 14.7 Å². The summed E-state index contributed by atoms with van der Waals surface area (Å²) in [6, 6.07) is 14.7. The second-order valence-electron chi connectivity index (χ2n) is 9.45. The van der Waals surface area contributed by atoms with Gasteiger partial charge in [-0.1, -0.05) is 25.1 Å². The van der Waals surface area contributed by atoms with Crippen LogP contribution < -0.4 is 4.74 Å². The van der Waals surface area contributed by atoms with Gasteiger partial charge in [0, 0.05) is 49.7 Å². The Hall–Kier alpha value is -3.80. The number of nitriles is 1. The van der Waals surface area contributed by atoms with E-state index in [9.17, 15) is 9.90 Å². The van der Waals surface area contributed by atoms with Crippen molar-refractivity contribution in [3.05, 3.63) is 77.7 Å². The Morgan fingerprint density at radius 1 is 1.25 bits per heavy atom. The van der Waals surface area contributed by atoms with Crippen LogP contribution in [0.4, 0.5) is 0 Å². The first-order chi connectivity index (χ1) is 17.4. The zero-order chi connectivity index (χ0) is 25.7. The number of pyridine rings is 2. The van der Waals surface area contributed by atoms with Crippen LogP contribution in [0.15, 0.2) is 61.1 Å². The second kappa shape index (κ2) is 11.3. The summed E-state index contributed by atoms with van der Waals surface area (Å²) in [4.78, 5) is 26.3. The summed E-state index contributed by atoms with van der Waals surface area (Å²) >= 11 is 0. The molecule has 0 saturated carbocycles. The Balaban J connectivity index is 1.66. The lowest BCUT2D eigenvalue weighted by Crippen LogP contribution is -2.49. The maximum absolute atomic E-state index is 13.6. The van der Waals surface area contributed by atoms with E-state index in [-0.39, 0.29) is 30.6 Å². The largest absolute Gasteiger partial charge is 0.472 e. The molecule has 0 unspecified atom stereocenters. The Bertz CT molecular complexity index is 1230. The van der Waals surface area contributed by atoms with Crippen LogP contribution in [0, 0.1) is 17.2 Å². The van der Waals surface area contributed by atoms with Gasteiger partial charge in [0.15, 0.2) is 0 Å². The molecular formula is C28H31N5O3. The third kappa shape index (κ3) is 5.70. The number of nitrogens with zero attached hydrogens (tertiary/aromatic N) is 5. The van der Waals surface area contributed by atoms with Gasteiger partial charge in [-0.15, -0.1) is 0 Å². The first-order valence-corrected chi connectivity index (χ1v) is 12.1. The molecule has 2 aromatic heterocycles. The minimum Gasteiger partial charge on any atom is -0.472 e. The number of rotatable bonds is 7. The predicted molar refractivity (Wildman–Crippen MR) is 136 cm³/mol. The molecule has 0 radical (unpaired) electrons. The molecule has 4 rings (SSSR count). The van der Waals surface area contributed by atoms with Gasteiger partial charge in [-0.25, -0.2) is 4.98 Å². The van der Waals surface area contributed by atoms with Gasteiger partial charge >= 0.3 is 0 Å². The molecule has 3 aromatic rings. The highest BCUT2D eigenvalue weighted by Gasteiger charge is 2.34. The number of amides is 1. The van der Waals surface area contributed by atoms with E-state index in [1.54, 1.807) is 35.5 Å². The predicted octanol–water partition coefficient (Wildman–Crippen LogP) is 3.37. The van der Waals surface area contributed by atoms with E-state index in [0.29, 0.717) is 36.6 Å². The summed E-state index contributed by atoms with van der Waals surface area (Å²) < 4.78 is 6.40. The average molecular weight is 486 g/mol. The number of carbonyl (C=O) groups excluding carboxylic acids is 1. The molecule has 186 valence electrons. The minimum atomic E-state index is -0.349. The lowest BCUT2D eigenvalue weighted by Gasteiger charge is -2.37. The summed E-state index contributed by atoms with van der Waals surface area (Å²) in [5.74, 6) is 0.0786. The molecule has 1 aliphatic heterocycles. The Morgan fingerprint density at radius 3 is 2.69 bits per heavy atom. The number of likely N-dealkylation sites (N-methyl/N-ethyl adjacent to an activating group) is 1. The van der Waals surface area contributed by atoms with Crippen molar-refractivity contribution in [1.82, 2.24) is 19.8 Å². The van der Waals surface area contributed by atoms with Crippen LogP contribution in [-0.2, 0) is 6.54 Å². The number of aromatic nitrogens is 2. The van der Waals surface area contributed by atoms with E-state index in [4.69, 9.17) is 10.00 Å². The molecule has 0 fully saturated rings. The van der Waals surface area contributed by atoms with Gasteiger partial charge in [-0.05, 0) is 49.4 Å². The van der Waals surface area contributed by atoms with Crippen LogP contribution in [0.3, 0.4) is 0 Å². The number of aliphatic hydroxyl groups is 1. The quantitative estimate of drug-likeness (QED) is 0.547. The van der Waals surface area contributed by atoms with Gasteiger partial charge in [0.2, 0.25) is 5.88 Å². The van der Waals surface area contributed by atoms with Crippen molar-refractivity contribution in [2.45, 2.75) is 32.5 Å². The number of hydrogen-bond donors (Lipinski definition) is 1. The topological polar surface area (TPSA) is 103 Å².